The number of piperidine rings is 3. The van der Waals surface area contributed by atoms with Crippen molar-refractivity contribution in [1.82, 2.24) is 10.2 Å². The summed E-state index contributed by atoms with van der Waals surface area (Å²) in [4.78, 5) is 2.58. The Morgan fingerprint density at radius 1 is 1.15 bits per heavy atom. The van der Waals surface area contributed by atoms with Crippen molar-refractivity contribution in [2.24, 2.45) is 5.92 Å². The zero-order chi connectivity index (χ0) is 13.4. The molecule has 0 spiro atoms. The lowest BCUT2D eigenvalue weighted by Gasteiger charge is -2.45. The second-order valence-corrected chi connectivity index (χ2v) is 6.07. The van der Waals surface area contributed by atoms with Crippen molar-refractivity contribution in [3.8, 4) is 11.5 Å². The molecule has 2 bridgehead atoms. The second kappa shape index (κ2) is 5.26. The summed E-state index contributed by atoms with van der Waals surface area (Å²) >= 11 is 0. The van der Waals surface area contributed by atoms with E-state index in [0.29, 0.717) is 19.3 Å². The van der Waals surface area contributed by atoms with E-state index in [2.05, 4.69) is 22.3 Å². The number of rotatable bonds is 3. The normalized spacial score (nSPS) is 31.3. The molecule has 5 rings (SSSR count). The van der Waals surface area contributed by atoms with Crippen LogP contribution < -0.4 is 14.8 Å². The van der Waals surface area contributed by atoms with Crippen LogP contribution in [0.2, 0.25) is 0 Å². The van der Waals surface area contributed by atoms with Gasteiger partial charge < -0.3 is 19.7 Å². The summed E-state index contributed by atoms with van der Waals surface area (Å²) in [5.41, 5.74) is 1.22. The fourth-order valence-corrected chi connectivity index (χ4v) is 3.71. The van der Waals surface area contributed by atoms with Gasteiger partial charge in [-0.3, -0.25) is 0 Å². The van der Waals surface area contributed by atoms with Crippen LogP contribution in [-0.4, -0.2) is 43.8 Å². The van der Waals surface area contributed by atoms with Crippen LogP contribution in [0.4, 0.5) is 0 Å². The van der Waals surface area contributed by atoms with E-state index in [-0.39, 0.29) is 0 Å². The van der Waals surface area contributed by atoms with Gasteiger partial charge in [0, 0.05) is 24.7 Å². The number of nitrogens with zero attached hydrogens (tertiary/aromatic N) is 1. The van der Waals surface area contributed by atoms with Gasteiger partial charge in [0.25, 0.3) is 0 Å². The van der Waals surface area contributed by atoms with Crippen molar-refractivity contribution < 1.29 is 9.47 Å². The Morgan fingerprint density at radius 2 is 2.00 bits per heavy atom. The number of fused-ring (bicyclic) bond motifs is 4. The predicted molar refractivity (Wildman–Crippen MR) is 77.2 cm³/mol. The number of nitrogens with one attached hydrogen (secondary N) is 1. The minimum atomic E-state index is 0.637. The van der Waals surface area contributed by atoms with Gasteiger partial charge in [-0.1, -0.05) is 12.1 Å². The lowest BCUT2D eigenvalue weighted by molar-refractivity contribution is 0.0717. The van der Waals surface area contributed by atoms with Crippen molar-refractivity contribution in [1.29, 1.82) is 0 Å². The van der Waals surface area contributed by atoms with Gasteiger partial charge >= 0.3 is 0 Å². The summed E-state index contributed by atoms with van der Waals surface area (Å²) in [6.07, 6.45) is 2.70. The third-order valence-corrected chi connectivity index (χ3v) is 4.86. The Balaban J connectivity index is 1.45. The summed E-state index contributed by atoms with van der Waals surface area (Å²) in [5, 5.41) is 3.74. The van der Waals surface area contributed by atoms with E-state index in [1.807, 2.05) is 6.07 Å². The van der Waals surface area contributed by atoms with Crippen molar-refractivity contribution in [2.45, 2.75) is 25.4 Å². The molecule has 0 amide bonds. The number of hydrogen-bond acceptors (Lipinski definition) is 4. The minimum absolute atomic E-state index is 0.637. The van der Waals surface area contributed by atoms with Crippen LogP contribution in [0.1, 0.15) is 18.4 Å². The molecule has 4 aliphatic heterocycles. The highest BCUT2D eigenvalue weighted by atomic mass is 16.6. The first-order valence-electron chi connectivity index (χ1n) is 7.73. The smallest absolute Gasteiger partial charge is 0.165 e. The molecule has 0 aliphatic carbocycles. The quantitative estimate of drug-likeness (QED) is 0.908. The number of para-hydroxylation sites is 1. The van der Waals surface area contributed by atoms with Gasteiger partial charge in [0.1, 0.15) is 13.2 Å². The summed E-state index contributed by atoms with van der Waals surface area (Å²) in [5.74, 6) is 2.69. The molecule has 4 nitrogen and oxygen atoms in total. The highest BCUT2D eigenvalue weighted by molar-refractivity contribution is 5.47. The average Bonchev–Trinajstić information content (AvgIpc) is 2.54. The van der Waals surface area contributed by atoms with Crippen LogP contribution in [-0.2, 0) is 6.54 Å². The summed E-state index contributed by atoms with van der Waals surface area (Å²) < 4.78 is 11.4. The summed E-state index contributed by atoms with van der Waals surface area (Å²) in [6.45, 7) is 5.98. The third-order valence-electron chi connectivity index (χ3n) is 4.86. The van der Waals surface area contributed by atoms with E-state index in [1.165, 1.54) is 38.0 Å². The van der Waals surface area contributed by atoms with Crippen LogP contribution in [0, 0.1) is 5.92 Å². The van der Waals surface area contributed by atoms with E-state index in [0.717, 1.165) is 24.0 Å². The van der Waals surface area contributed by atoms with E-state index >= 15 is 0 Å². The Bertz CT molecular complexity index is 483. The zero-order valence-electron chi connectivity index (χ0n) is 11.8. The summed E-state index contributed by atoms with van der Waals surface area (Å²) in [6, 6.07) is 6.83. The maximum atomic E-state index is 5.78. The first-order chi connectivity index (χ1) is 9.90. The number of ether oxygens (including phenoxy) is 2. The van der Waals surface area contributed by atoms with Crippen LogP contribution in [0.3, 0.4) is 0 Å². The second-order valence-electron chi connectivity index (χ2n) is 6.07. The van der Waals surface area contributed by atoms with Crippen molar-refractivity contribution in [2.75, 3.05) is 32.8 Å². The van der Waals surface area contributed by atoms with Crippen molar-refractivity contribution in [3.05, 3.63) is 23.8 Å². The molecule has 1 N–H and O–H groups in total. The molecule has 0 aromatic heterocycles. The molecule has 0 saturated carbocycles. The third kappa shape index (κ3) is 2.27. The van der Waals surface area contributed by atoms with Gasteiger partial charge in [0.05, 0.1) is 0 Å². The van der Waals surface area contributed by atoms with E-state index in [1.54, 1.807) is 0 Å². The van der Waals surface area contributed by atoms with E-state index in [4.69, 9.17) is 9.47 Å². The molecule has 1 unspecified atom stereocenters. The molecule has 108 valence electrons. The Kier molecular flexibility index (Phi) is 3.28. The van der Waals surface area contributed by atoms with Crippen LogP contribution in [0.5, 0.6) is 11.5 Å². The van der Waals surface area contributed by atoms with Gasteiger partial charge in [0.2, 0.25) is 0 Å². The fraction of sp³-hybridized carbons (Fsp3) is 0.625. The molecule has 1 atom stereocenters. The molecule has 1 aromatic carbocycles. The highest BCUT2D eigenvalue weighted by Crippen LogP contribution is 2.34. The molecule has 3 fully saturated rings. The monoisotopic (exact) mass is 274 g/mol. The summed E-state index contributed by atoms with van der Waals surface area (Å²) in [7, 11) is 0. The largest absolute Gasteiger partial charge is 0.486 e. The van der Waals surface area contributed by atoms with Gasteiger partial charge in [-0.15, -0.1) is 0 Å². The van der Waals surface area contributed by atoms with Gasteiger partial charge in [-0.25, -0.2) is 0 Å². The molecular weight excluding hydrogens is 252 g/mol. The Morgan fingerprint density at radius 3 is 2.80 bits per heavy atom. The lowest BCUT2D eigenvalue weighted by atomic mass is 9.84. The van der Waals surface area contributed by atoms with Crippen LogP contribution in [0.25, 0.3) is 0 Å². The molecule has 4 heteroatoms. The molecule has 3 saturated heterocycles. The van der Waals surface area contributed by atoms with Gasteiger partial charge in [0.15, 0.2) is 11.5 Å². The fourth-order valence-electron chi connectivity index (χ4n) is 3.71. The molecular formula is C16H22N2O2. The molecule has 20 heavy (non-hydrogen) atoms. The van der Waals surface area contributed by atoms with Gasteiger partial charge in [-0.05, 0) is 37.9 Å². The standard InChI is InChI=1S/C16H22N2O2/c1-2-13(16-15(3-1)19-8-9-20-16)10-17-14-11-18-6-4-12(14)5-7-18/h1-3,12,14,17H,4-11H2. The highest BCUT2D eigenvalue weighted by Gasteiger charge is 2.33. The average molecular weight is 274 g/mol. The molecule has 4 heterocycles. The first-order valence-corrected chi connectivity index (χ1v) is 7.73. The predicted octanol–water partition coefficient (Wildman–Crippen LogP) is 1.64. The van der Waals surface area contributed by atoms with E-state index in [9.17, 15) is 0 Å². The van der Waals surface area contributed by atoms with E-state index < -0.39 is 0 Å². The van der Waals surface area contributed by atoms with Crippen molar-refractivity contribution >= 4 is 0 Å². The van der Waals surface area contributed by atoms with Gasteiger partial charge in [-0.2, -0.15) is 0 Å². The SMILES string of the molecule is c1cc(CNC2CN3CCC2CC3)c2c(c1)OCCO2. The van der Waals surface area contributed by atoms with Crippen LogP contribution in [0.15, 0.2) is 18.2 Å². The maximum absolute atomic E-state index is 5.78. The van der Waals surface area contributed by atoms with Crippen LogP contribution >= 0.6 is 0 Å². The number of benzene rings is 1. The maximum Gasteiger partial charge on any atom is 0.165 e. The van der Waals surface area contributed by atoms with Crippen molar-refractivity contribution in [3.63, 3.8) is 0 Å². The number of hydrogen-bond donors (Lipinski definition) is 1. The Hall–Kier alpha value is -1.26. The minimum Gasteiger partial charge on any atom is -0.486 e. The topological polar surface area (TPSA) is 33.7 Å². The lowest BCUT2D eigenvalue weighted by Crippen LogP contribution is -2.55. The molecule has 0 radical (unpaired) electrons. The first kappa shape index (κ1) is 12.5. The Labute approximate surface area is 120 Å². The molecule has 4 aliphatic rings. The molecule has 1 aromatic rings. The zero-order valence-corrected chi connectivity index (χ0v) is 11.8.